The van der Waals surface area contributed by atoms with Crippen molar-refractivity contribution < 1.29 is 0 Å². The molecule has 1 saturated heterocycles. The van der Waals surface area contributed by atoms with Gasteiger partial charge in [-0.15, -0.1) is 0 Å². The van der Waals surface area contributed by atoms with Gasteiger partial charge in [-0.3, -0.25) is 24.8 Å². The number of H-pyrrole nitrogens is 1. The predicted molar refractivity (Wildman–Crippen MR) is 145 cm³/mol. The van der Waals surface area contributed by atoms with Gasteiger partial charge in [0.25, 0.3) is 0 Å². The highest BCUT2D eigenvalue weighted by molar-refractivity contribution is 6.15. The number of fused-ring (bicyclic) bond motifs is 2. The largest absolute Gasteiger partial charge is 0.335 e. The van der Waals surface area contributed by atoms with Crippen LogP contribution in [0.15, 0.2) is 78.6 Å². The molecule has 1 N–H and O–H groups in total. The molecule has 37 heavy (non-hydrogen) atoms. The van der Waals surface area contributed by atoms with Gasteiger partial charge < -0.3 is 4.98 Å². The number of hydrogen-bond donors (Lipinski definition) is 1. The summed E-state index contributed by atoms with van der Waals surface area (Å²) in [4.78, 5) is 29.2. The molecule has 1 aromatic carbocycles. The van der Waals surface area contributed by atoms with Crippen LogP contribution in [0.5, 0.6) is 0 Å². The molecule has 182 valence electrons. The van der Waals surface area contributed by atoms with Gasteiger partial charge in [-0.05, 0) is 79.4 Å². The molecule has 2 aliphatic heterocycles. The average molecular weight is 486 g/mol. The number of aliphatic imine (C=N–C) groups is 1. The van der Waals surface area contributed by atoms with Crippen molar-refractivity contribution in [1.29, 1.82) is 0 Å². The van der Waals surface area contributed by atoms with Gasteiger partial charge in [0.2, 0.25) is 0 Å². The molecule has 1 fully saturated rings. The minimum atomic E-state index is 0.0738. The molecule has 0 radical (unpaired) electrons. The zero-order valence-corrected chi connectivity index (χ0v) is 20.7. The first-order valence-electron chi connectivity index (χ1n) is 12.9. The molecular weight excluding hydrogens is 458 g/mol. The molecule has 7 nitrogen and oxygen atoms in total. The van der Waals surface area contributed by atoms with E-state index in [1.54, 1.807) is 12.4 Å². The van der Waals surface area contributed by atoms with Crippen LogP contribution in [0.4, 0.5) is 0 Å². The van der Waals surface area contributed by atoms with Crippen molar-refractivity contribution in [3.05, 3.63) is 96.1 Å². The number of likely N-dealkylation sites (tertiary alicyclic amines) is 1. The first kappa shape index (κ1) is 22.0. The number of nitrogens with zero attached hydrogens (tertiary/aromatic N) is 6. The molecule has 1 atom stereocenters. The standard InChI is InChI=1S/C30H27N7/c1-19-24-5-4-22(23-12-20(14-32-15-23)18-37-10-2-3-11-37)13-25(24)29(34-19)30-35-27-17-33-16-26(28(27)36-30)21-6-8-31-9-7-21/h4-9,12-17,19H,2-3,10-11,18H2,1H3,(H,35,36)/t19-/m0/s1. The number of hydrogen-bond acceptors (Lipinski definition) is 6. The fourth-order valence-corrected chi connectivity index (χ4v) is 5.55. The Bertz CT molecular complexity index is 1630. The van der Waals surface area contributed by atoms with Crippen LogP contribution in [-0.2, 0) is 6.54 Å². The van der Waals surface area contributed by atoms with Crippen molar-refractivity contribution in [1.82, 2.24) is 29.8 Å². The van der Waals surface area contributed by atoms with E-state index in [0.29, 0.717) is 0 Å². The minimum Gasteiger partial charge on any atom is -0.335 e. The zero-order valence-electron chi connectivity index (χ0n) is 20.7. The van der Waals surface area contributed by atoms with Crippen molar-refractivity contribution in [3.63, 3.8) is 0 Å². The lowest BCUT2D eigenvalue weighted by atomic mass is 9.96. The molecule has 6 heterocycles. The summed E-state index contributed by atoms with van der Waals surface area (Å²) in [5, 5.41) is 0. The second-order valence-corrected chi connectivity index (χ2v) is 9.93. The van der Waals surface area contributed by atoms with Crippen molar-refractivity contribution in [2.75, 3.05) is 13.1 Å². The summed E-state index contributed by atoms with van der Waals surface area (Å²) in [5.41, 5.74) is 10.6. The summed E-state index contributed by atoms with van der Waals surface area (Å²) >= 11 is 0. The maximum absolute atomic E-state index is 5.02. The van der Waals surface area contributed by atoms with Crippen LogP contribution in [0.1, 0.15) is 48.3 Å². The molecule has 2 aliphatic rings. The van der Waals surface area contributed by atoms with E-state index in [-0.39, 0.29) is 6.04 Å². The third kappa shape index (κ3) is 4.01. The average Bonchev–Trinajstić information content (AvgIpc) is 3.68. The predicted octanol–water partition coefficient (Wildman–Crippen LogP) is 5.59. The number of rotatable bonds is 5. The number of benzene rings is 1. The quantitative estimate of drug-likeness (QED) is 0.351. The van der Waals surface area contributed by atoms with E-state index < -0.39 is 0 Å². The van der Waals surface area contributed by atoms with Gasteiger partial charge >= 0.3 is 0 Å². The van der Waals surface area contributed by atoms with Crippen molar-refractivity contribution >= 4 is 16.7 Å². The van der Waals surface area contributed by atoms with Crippen LogP contribution in [-0.4, -0.2) is 48.6 Å². The molecular formula is C30H27N7. The van der Waals surface area contributed by atoms with E-state index in [2.05, 4.69) is 56.0 Å². The number of aromatic nitrogens is 5. The van der Waals surface area contributed by atoms with Crippen LogP contribution in [0, 0.1) is 0 Å². The fourth-order valence-electron chi connectivity index (χ4n) is 5.55. The van der Waals surface area contributed by atoms with Gasteiger partial charge in [0.05, 0.1) is 23.3 Å². The Kier molecular flexibility index (Phi) is 5.36. The molecule has 4 aromatic heterocycles. The van der Waals surface area contributed by atoms with E-state index in [1.807, 2.05) is 36.9 Å². The molecule has 0 aliphatic carbocycles. The Balaban J connectivity index is 1.26. The molecule has 0 unspecified atom stereocenters. The summed E-state index contributed by atoms with van der Waals surface area (Å²) in [6.07, 6.45) is 13.8. The van der Waals surface area contributed by atoms with Gasteiger partial charge in [0, 0.05) is 54.2 Å². The second-order valence-electron chi connectivity index (χ2n) is 9.93. The molecule has 0 bridgehead atoms. The van der Waals surface area contributed by atoms with Gasteiger partial charge in [-0.25, -0.2) is 4.98 Å². The van der Waals surface area contributed by atoms with Crippen molar-refractivity contribution in [3.8, 4) is 22.3 Å². The SMILES string of the molecule is C[C@@H]1N=C(c2nc3c(-c4ccncc4)cncc3[nH]2)c2cc(-c3cncc(CN4CCCC4)c3)ccc21. The van der Waals surface area contributed by atoms with Gasteiger partial charge in [-0.2, -0.15) is 0 Å². The highest BCUT2D eigenvalue weighted by atomic mass is 15.1. The monoisotopic (exact) mass is 485 g/mol. The normalized spacial score (nSPS) is 17.3. The van der Waals surface area contributed by atoms with E-state index in [9.17, 15) is 0 Å². The topological polar surface area (TPSA) is 82.9 Å². The van der Waals surface area contributed by atoms with Gasteiger partial charge in [0.1, 0.15) is 5.71 Å². The van der Waals surface area contributed by atoms with Crippen LogP contribution in [0.2, 0.25) is 0 Å². The molecule has 5 aromatic rings. The van der Waals surface area contributed by atoms with E-state index in [4.69, 9.17) is 9.98 Å². The Hall–Kier alpha value is -4.23. The van der Waals surface area contributed by atoms with Crippen LogP contribution < -0.4 is 0 Å². The smallest absolute Gasteiger partial charge is 0.157 e. The number of imidazole rings is 1. The van der Waals surface area contributed by atoms with Crippen LogP contribution in [0.25, 0.3) is 33.3 Å². The summed E-state index contributed by atoms with van der Waals surface area (Å²) in [7, 11) is 0. The zero-order chi connectivity index (χ0) is 24.8. The van der Waals surface area contributed by atoms with E-state index >= 15 is 0 Å². The fraction of sp³-hybridized carbons (Fsp3) is 0.233. The van der Waals surface area contributed by atoms with Gasteiger partial charge in [-0.1, -0.05) is 12.1 Å². The van der Waals surface area contributed by atoms with E-state index in [0.717, 1.165) is 56.9 Å². The molecule has 7 heteroatoms. The van der Waals surface area contributed by atoms with E-state index in [1.165, 1.54) is 37.1 Å². The van der Waals surface area contributed by atoms with Gasteiger partial charge in [0.15, 0.2) is 5.82 Å². The van der Waals surface area contributed by atoms with Crippen molar-refractivity contribution in [2.45, 2.75) is 32.4 Å². The van der Waals surface area contributed by atoms with Crippen LogP contribution in [0.3, 0.4) is 0 Å². The summed E-state index contributed by atoms with van der Waals surface area (Å²) in [5.74, 6) is 0.766. The Morgan fingerprint density at radius 3 is 2.54 bits per heavy atom. The maximum atomic E-state index is 5.02. The Labute approximate surface area is 215 Å². The lowest BCUT2D eigenvalue weighted by Gasteiger charge is -2.15. The molecule has 0 amide bonds. The lowest BCUT2D eigenvalue weighted by Crippen LogP contribution is -2.18. The Morgan fingerprint density at radius 2 is 1.68 bits per heavy atom. The number of nitrogens with one attached hydrogen (secondary N) is 1. The maximum Gasteiger partial charge on any atom is 0.157 e. The first-order chi connectivity index (χ1) is 18.2. The summed E-state index contributed by atoms with van der Waals surface area (Å²) in [6, 6.07) is 12.9. The molecule has 7 rings (SSSR count). The highest BCUT2D eigenvalue weighted by Gasteiger charge is 2.26. The molecule has 0 saturated carbocycles. The third-order valence-corrected chi connectivity index (χ3v) is 7.42. The lowest BCUT2D eigenvalue weighted by molar-refractivity contribution is 0.331. The Morgan fingerprint density at radius 1 is 0.838 bits per heavy atom. The number of aromatic amines is 1. The highest BCUT2D eigenvalue weighted by Crippen LogP contribution is 2.35. The van der Waals surface area contributed by atoms with Crippen molar-refractivity contribution in [2.24, 2.45) is 4.99 Å². The summed E-state index contributed by atoms with van der Waals surface area (Å²) in [6.45, 7) is 5.45. The summed E-state index contributed by atoms with van der Waals surface area (Å²) < 4.78 is 0. The molecule has 0 spiro atoms. The minimum absolute atomic E-state index is 0.0738. The second kappa shape index (κ2) is 9.01. The first-order valence-corrected chi connectivity index (χ1v) is 12.9. The van der Waals surface area contributed by atoms with Crippen LogP contribution >= 0.6 is 0 Å². The third-order valence-electron chi connectivity index (χ3n) is 7.42. The number of pyridine rings is 3.